The molecule has 0 radical (unpaired) electrons. The van der Waals surface area contributed by atoms with Crippen molar-refractivity contribution in [2.75, 3.05) is 19.7 Å². The third kappa shape index (κ3) is 3.82. The van der Waals surface area contributed by atoms with Crippen LogP contribution in [0.5, 0.6) is 0 Å². The number of aromatic nitrogens is 2. The van der Waals surface area contributed by atoms with E-state index in [1.165, 1.54) is 0 Å². The molecule has 0 unspecified atom stereocenters. The molecule has 1 aromatic carbocycles. The van der Waals surface area contributed by atoms with Crippen LogP contribution in [-0.2, 0) is 0 Å². The van der Waals surface area contributed by atoms with Gasteiger partial charge in [0.05, 0.1) is 18.6 Å². The third-order valence-corrected chi connectivity index (χ3v) is 4.79. The Morgan fingerprint density at radius 1 is 1.44 bits per heavy atom. The largest absolute Gasteiger partial charge is 0.394 e. The number of carbonyl (C=O) groups is 1. The van der Waals surface area contributed by atoms with E-state index in [0.29, 0.717) is 30.7 Å². The fourth-order valence-corrected chi connectivity index (χ4v) is 3.11. The molecule has 1 aliphatic rings. The number of urea groups is 1. The van der Waals surface area contributed by atoms with E-state index in [-0.39, 0.29) is 24.6 Å². The Balaban J connectivity index is 1.57. The maximum atomic E-state index is 12.4. The summed E-state index contributed by atoms with van der Waals surface area (Å²) in [5.74, 6) is 1.26. The van der Waals surface area contributed by atoms with Crippen LogP contribution in [0.2, 0.25) is 0 Å². The van der Waals surface area contributed by atoms with E-state index in [1.807, 2.05) is 37.3 Å². The Bertz CT molecular complexity index is 703. The number of likely N-dealkylation sites (tertiary alicyclic amines) is 1. The molecular formula is C18H24N4O3. The molecule has 1 aliphatic heterocycles. The minimum absolute atomic E-state index is 0.00572. The van der Waals surface area contributed by atoms with Crippen molar-refractivity contribution in [3.8, 4) is 11.4 Å². The van der Waals surface area contributed by atoms with Crippen LogP contribution in [-0.4, -0.2) is 51.9 Å². The Morgan fingerprint density at radius 3 is 2.92 bits per heavy atom. The smallest absolute Gasteiger partial charge is 0.317 e. The average Bonchev–Trinajstić information content (AvgIpc) is 3.27. The lowest BCUT2D eigenvalue weighted by molar-refractivity contribution is 0.143. The van der Waals surface area contributed by atoms with Gasteiger partial charge in [0.15, 0.2) is 0 Å². The van der Waals surface area contributed by atoms with E-state index < -0.39 is 0 Å². The van der Waals surface area contributed by atoms with E-state index in [9.17, 15) is 9.90 Å². The van der Waals surface area contributed by atoms with Crippen LogP contribution in [0.15, 0.2) is 34.9 Å². The first-order valence-corrected chi connectivity index (χ1v) is 8.64. The van der Waals surface area contributed by atoms with Gasteiger partial charge in [-0.3, -0.25) is 0 Å². The topological polar surface area (TPSA) is 91.5 Å². The van der Waals surface area contributed by atoms with Gasteiger partial charge < -0.3 is 19.8 Å². The summed E-state index contributed by atoms with van der Waals surface area (Å²) in [5, 5.41) is 16.4. The molecule has 7 nitrogen and oxygen atoms in total. The molecule has 2 heterocycles. The van der Waals surface area contributed by atoms with Crippen molar-refractivity contribution in [1.82, 2.24) is 20.4 Å². The molecule has 2 amide bonds. The molecule has 2 aromatic rings. The maximum absolute atomic E-state index is 12.4. The van der Waals surface area contributed by atoms with Crippen molar-refractivity contribution < 1.29 is 14.4 Å². The van der Waals surface area contributed by atoms with E-state index in [4.69, 9.17) is 4.52 Å². The van der Waals surface area contributed by atoms with Crippen molar-refractivity contribution in [3.05, 3.63) is 36.2 Å². The lowest BCUT2D eigenvalue weighted by atomic mass is 10.0. The number of rotatable bonds is 5. The second kappa shape index (κ2) is 7.65. The van der Waals surface area contributed by atoms with Crippen LogP contribution < -0.4 is 5.32 Å². The highest BCUT2D eigenvalue weighted by Gasteiger charge is 2.33. The summed E-state index contributed by atoms with van der Waals surface area (Å²) >= 11 is 0. The quantitative estimate of drug-likeness (QED) is 0.868. The Labute approximate surface area is 147 Å². The first-order valence-electron chi connectivity index (χ1n) is 8.64. The van der Waals surface area contributed by atoms with Gasteiger partial charge >= 0.3 is 6.03 Å². The predicted octanol–water partition coefficient (Wildman–Crippen LogP) is 2.25. The lowest BCUT2D eigenvalue weighted by Crippen LogP contribution is -2.46. The molecule has 0 aliphatic carbocycles. The number of hydrogen-bond donors (Lipinski definition) is 2. The van der Waals surface area contributed by atoms with E-state index in [1.54, 1.807) is 4.90 Å². The van der Waals surface area contributed by atoms with E-state index >= 15 is 0 Å². The molecular weight excluding hydrogens is 320 g/mol. The zero-order chi connectivity index (χ0) is 17.8. The number of hydrogen-bond acceptors (Lipinski definition) is 5. The summed E-state index contributed by atoms with van der Waals surface area (Å²) in [6, 6.07) is 9.35. The number of carbonyl (C=O) groups excluding carboxylic acids is 1. The van der Waals surface area contributed by atoms with Crippen LogP contribution >= 0.6 is 0 Å². The molecule has 0 spiro atoms. The van der Waals surface area contributed by atoms with Crippen LogP contribution in [0.4, 0.5) is 4.79 Å². The van der Waals surface area contributed by atoms with Gasteiger partial charge in [-0.05, 0) is 12.3 Å². The zero-order valence-corrected chi connectivity index (χ0v) is 14.6. The van der Waals surface area contributed by atoms with Crippen molar-refractivity contribution in [2.45, 2.75) is 32.2 Å². The Morgan fingerprint density at radius 2 is 2.20 bits per heavy atom. The van der Waals surface area contributed by atoms with E-state index in [0.717, 1.165) is 12.0 Å². The third-order valence-electron chi connectivity index (χ3n) is 4.79. The van der Waals surface area contributed by atoms with Gasteiger partial charge in [-0.1, -0.05) is 49.3 Å². The van der Waals surface area contributed by atoms with Gasteiger partial charge in [-0.25, -0.2) is 4.79 Å². The Hall–Kier alpha value is -2.41. The maximum Gasteiger partial charge on any atom is 0.317 e. The molecule has 3 rings (SSSR count). The molecule has 3 atom stereocenters. The molecule has 25 heavy (non-hydrogen) atoms. The first kappa shape index (κ1) is 17.4. The number of aliphatic hydroxyl groups is 1. The number of amides is 2. The highest BCUT2D eigenvalue weighted by atomic mass is 16.5. The lowest BCUT2D eigenvalue weighted by Gasteiger charge is -2.25. The molecule has 134 valence electrons. The molecule has 7 heteroatoms. The fourth-order valence-electron chi connectivity index (χ4n) is 3.11. The predicted molar refractivity (Wildman–Crippen MR) is 92.9 cm³/mol. The molecule has 1 saturated heterocycles. The number of nitrogens with one attached hydrogen (secondary N) is 1. The van der Waals surface area contributed by atoms with Crippen molar-refractivity contribution >= 4 is 6.03 Å². The summed E-state index contributed by atoms with van der Waals surface area (Å²) in [7, 11) is 0. The molecule has 2 N–H and O–H groups in total. The average molecular weight is 344 g/mol. The van der Waals surface area contributed by atoms with Gasteiger partial charge in [-0.15, -0.1) is 0 Å². The van der Waals surface area contributed by atoms with Crippen molar-refractivity contribution in [3.63, 3.8) is 0 Å². The van der Waals surface area contributed by atoms with Crippen LogP contribution in [0, 0.1) is 5.92 Å². The minimum atomic E-state index is -0.155. The molecule has 1 aromatic heterocycles. The van der Waals surface area contributed by atoms with Gasteiger partial charge in [0.25, 0.3) is 0 Å². The van der Waals surface area contributed by atoms with Crippen LogP contribution in [0.3, 0.4) is 0 Å². The SMILES string of the molecule is C[C@H](CNC(=O)N1CC[C@H](C)[C@@H]1CO)c1nc(-c2ccccc2)no1. The van der Waals surface area contributed by atoms with Gasteiger partial charge in [0.1, 0.15) is 0 Å². The highest BCUT2D eigenvalue weighted by molar-refractivity contribution is 5.75. The standard InChI is InChI=1S/C18H24N4O3/c1-12-8-9-22(15(12)11-23)18(24)19-10-13(2)17-20-16(21-25-17)14-6-4-3-5-7-14/h3-7,12-13,15,23H,8-11H2,1-2H3,(H,19,24)/t12-,13+,15-/m0/s1. The normalized spacial score (nSPS) is 21.3. The molecule has 0 bridgehead atoms. The first-order chi connectivity index (χ1) is 12.1. The molecule has 1 fully saturated rings. The Kier molecular flexibility index (Phi) is 5.33. The number of benzene rings is 1. The summed E-state index contributed by atoms with van der Waals surface area (Å²) < 4.78 is 5.33. The van der Waals surface area contributed by atoms with Crippen LogP contribution in [0.25, 0.3) is 11.4 Å². The summed E-state index contributed by atoms with van der Waals surface area (Å²) in [5.41, 5.74) is 0.894. The summed E-state index contributed by atoms with van der Waals surface area (Å²) in [6.45, 7) is 5.05. The monoisotopic (exact) mass is 344 g/mol. The second-order valence-corrected chi connectivity index (χ2v) is 6.62. The summed E-state index contributed by atoms with van der Waals surface area (Å²) in [4.78, 5) is 18.5. The van der Waals surface area contributed by atoms with E-state index in [2.05, 4.69) is 22.4 Å². The van der Waals surface area contributed by atoms with Crippen molar-refractivity contribution in [2.24, 2.45) is 5.92 Å². The number of nitrogens with zero attached hydrogens (tertiary/aromatic N) is 3. The highest BCUT2D eigenvalue weighted by Crippen LogP contribution is 2.24. The number of aliphatic hydroxyl groups excluding tert-OH is 1. The van der Waals surface area contributed by atoms with Gasteiger partial charge in [0.2, 0.25) is 11.7 Å². The summed E-state index contributed by atoms with van der Waals surface area (Å²) in [6.07, 6.45) is 0.915. The molecule has 0 saturated carbocycles. The zero-order valence-electron chi connectivity index (χ0n) is 14.6. The van der Waals surface area contributed by atoms with Gasteiger partial charge in [-0.2, -0.15) is 4.98 Å². The van der Waals surface area contributed by atoms with Crippen LogP contribution in [0.1, 0.15) is 32.1 Å². The second-order valence-electron chi connectivity index (χ2n) is 6.62. The minimum Gasteiger partial charge on any atom is -0.394 e. The fraction of sp³-hybridized carbons (Fsp3) is 0.500. The van der Waals surface area contributed by atoms with Crippen molar-refractivity contribution in [1.29, 1.82) is 0 Å². The van der Waals surface area contributed by atoms with Gasteiger partial charge in [0, 0.05) is 18.7 Å².